The average molecular weight is 386 g/mol. The van der Waals surface area contributed by atoms with Crippen LogP contribution in [0.3, 0.4) is 0 Å². The van der Waals surface area contributed by atoms with Gasteiger partial charge in [0.05, 0.1) is 22.3 Å². The molecule has 1 aromatic heterocycles. The lowest BCUT2D eigenvalue weighted by molar-refractivity contribution is 0.470. The number of hydrogen-bond donors (Lipinski definition) is 1. The summed E-state index contributed by atoms with van der Waals surface area (Å²) < 4.78 is 44.3. The van der Waals surface area contributed by atoms with E-state index in [1.807, 2.05) is 29.8 Å². The maximum Gasteiger partial charge on any atom is 0.265 e. The lowest BCUT2D eigenvalue weighted by atomic mass is 10.1. The molecule has 4 rings (SSSR count). The molecule has 0 fully saturated rings. The molecule has 1 aliphatic heterocycles. The van der Waals surface area contributed by atoms with Crippen molar-refractivity contribution in [2.45, 2.75) is 31.2 Å². The van der Waals surface area contributed by atoms with Crippen LogP contribution in [0.15, 0.2) is 59.6 Å². The molecule has 1 unspecified atom stereocenters. The summed E-state index contributed by atoms with van der Waals surface area (Å²) >= 11 is 0. The minimum atomic E-state index is -3.97. The summed E-state index contributed by atoms with van der Waals surface area (Å²) in [4.78, 5) is 0.0615. The van der Waals surface area contributed by atoms with E-state index in [0.29, 0.717) is 23.4 Å². The molecule has 2 heterocycles. The molecule has 1 N–H and O–H groups in total. The number of rotatable bonds is 3. The Morgan fingerprint density at radius 1 is 1.11 bits per heavy atom. The Balaban J connectivity index is 1.98. The molecule has 0 amide bonds. The Morgan fingerprint density at radius 2 is 1.89 bits per heavy atom. The van der Waals surface area contributed by atoms with Crippen molar-refractivity contribution < 1.29 is 17.9 Å². The molecule has 0 aliphatic carbocycles. The molecule has 3 aromatic rings. The van der Waals surface area contributed by atoms with E-state index in [1.165, 1.54) is 34.6 Å². The number of aromatic nitrogens is 1. The van der Waals surface area contributed by atoms with Crippen LogP contribution in [-0.4, -0.2) is 18.1 Å². The predicted octanol–water partition coefficient (Wildman–Crippen LogP) is 4.29. The van der Waals surface area contributed by atoms with Crippen molar-refractivity contribution in [3.63, 3.8) is 0 Å². The lowest BCUT2D eigenvalue weighted by Crippen LogP contribution is -2.39. The zero-order valence-electron chi connectivity index (χ0n) is 14.9. The van der Waals surface area contributed by atoms with Crippen LogP contribution < -0.4 is 4.31 Å². The molecule has 7 heteroatoms. The molecule has 0 bridgehead atoms. The van der Waals surface area contributed by atoms with E-state index in [4.69, 9.17) is 0 Å². The van der Waals surface area contributed by atoms with Crippen LogP contribution in [0.2, 0.25) is 0 Å². The van der Waals surface area contributed by atoms with Gasteiger partial charge in [-0.05, 0) is 61.4 Å². The molecular formula is C20H19FN2O3S. The molecule has 0 saturated carbocycles. The molecular weight excluding hydrogens is 367 g/mol. The highest BCUT2D eigenvalue weighted by Crippen LogP contribution is 2.44. The molecule has 1 aliphatic rings. The fraction of sp³-hybridized carbons (Fsp3) is 0.200. The van der Waals surface area contributed by atoms with E-state index in [2.05, 4.69) is 0 Å². The number of hydrogen-bond acceptors (Lipinski definition) is 3. The molecule has 1 atom stereocenters. The normalized spacial score (nSPS) is 16.1. The van der Waals surface area contributed by atoms with Crippen molar-refractivity contribution in [1.29, 1.82) is 0 Å². The second-order valence-electron chi connectivity index (χ2n) is 6.61. The minimum absolute atomic E-state index is 0.0277. The highest BCUT2D eigenvalue weighted by molar-refractivity contribution is 7.92. The predicted molar refractivity (Wildman–Crippen MR) is 101 cm³/mol. The minimum Gasteiger partial charge on any atom is -0.508 e. The van der Waals surface area contributed by atoms with Crippen LogP contribution in [0, 0.1) is 12.7 Å². The van der Waals surface area contributed by atoms with Crippen LogP contribution >= 0.6 is 0 Å². The van der Waals surface area contributed by atoms with Gasteiger partial charge in [-0.3, -0.25) is 4.31 Å². The van der Waals surface area contributed by atoms with E-state index < -0.39 is 21.9 Å². The third-order valence-corrected chi connectivity index (χ3v) is 6.77. The summed E-state index contributed by atoms with van der Waals surface area (Å²) in [6, 6.07) is 11.6. The number of halogens is 1. The van der Waals surface area contributed by atoms with Crippen molar-refractivity contribution in [3.8, 4) is 11.4 Å². The van der Waals surface area contributed by atoms with Crippen LogP contribution in [-0.2, 0) is 10.0 Å². The lowest BCUT2D eigenvalue weighted by Gasteiger charge is -2.38. The zero-order valence-corrected chi connectivity index (χ0v) is 15.7. The van der Waals surface area contributed by atoms with Gasteiger partial charge in [0.1, 0.15) is 11.6 Å². The van der Waals surface area contributed by atoms with Crippen molar-refractivity contribution in [1.82, 2.24) is 4.57 Å². The summed E-state index contributed by atoms with van der Waals surface area (Å²) in [6.07, 6.45) is 2.37. The van der Waals surface area contributed by atoms with Gasteiger partial charge < -0.3 is 9.67 Å². The van der Waals surface area contributed by atoms with Crippen molar-refractivity contribution >= 4 is 15.7 Å². The monoisotopic (exact) mass is 386 g/mol. The summed E-state index contributed by atoms with van der Waals surface area (Å²) in [5.74, 6) is -0.471. The standard InChI is InChI=1S/C20H19FN2O3S/c1-3-16-17-5-4-10-22(17)18-8-6-14(21)12-19(18)23(16)27(25,26)15-7-9-20(24)13(2)11-15/h4-12,16,24H,3H2,1-2H3. The van der Waals surface area contributed by atoms with Gasteiger partial charge in [-0.15, -0.1) is 0 Å². The Kier molecular flexibility index (Phi) is 3.99. The van der Waals surface area contributed by atoms with Crippen molar-refractivity contribution in [3.05, 3.63) is 71.8 Å². The second-order valence-corrected chi connectivity index (χ2v) is 8.42. The fourth-order valence-corrected chi connectivity index (χ4v) is 5.41. The van der Waals surface area contributed by atoms with Gasteiger partial charge in [-0.25, -0.2) is 12.8 Å². The molecule has 0 spiro atoms. The summed E-state index contributed by atoms with van der Waals surface area (Å²) in [7, 11) is -3.97. The fourth-order valence-electron chi connectivity index (χ4n) is 3.62. The van der Waals surface area contributed by atoms with Gasteiger partial charge in [0.2, 0.25) is 0 Å². The summed E-state index contributed by atoms with van der Waals surface area (Å²) in [6.45, 7) is 3.54. The summed E-state index contributed by atoms with van der Waals surface area (Å²) in [5, 5.41) is 9.75. The van der Waals surface area contributed by atoms with Crippen LogP contribution in [0.1, 0.15) is 30.6 Å². The van der Waals surface area contributed by atoms with E-state index in [1.54, 1.807) is 13.0 Å². The number of phenols is 1. The maximum absolute atomic E-state index is 14.0. The first-order valence-corrected chi connectivity index (χ1v) is 10.1. The Labute approximate surface area is 157 Å². The number of sulfonamides is 1. The van der Waals surface area contributed by atoms with Crippen molar-refractivity contribution in [2.75, 3.05) is 4.31 Å². The maximum atomic E-state index is 14.0. The first-order chi connectivity index (χ1) is 12.8. The molecule has 0 saturated heterocycles. The molecule has 5 nitrogen and oxygen atoms in total. The third-order valence-electron chi connectivity index (χ3n) is 4.95. The second kappa shape index (κ2) is 6.13. The first-order valence-electron chi connectivity index (χ1n) is 8.66. The van der Waals surface area contributed by atoms with E-state index >= 15 is 0 Å². The number of nitrogens with zero attached hydrogens (tertiary/aromatic N) is 2. The first kappa shape index (κ1) is 17.6. The van der Waals surface area contributed by atoms with Crippen LogP contribution in [0.4, 0.5) is 10.1 Å². The number of aryl methyl sites for hydroxylation is 1. The van der Waals surface area contributed by atoms with Gasteiger partial charge >= 0.3 is 0 Å². The zero-order chi connectivity index (χ0) is 19.3. The Hall–Kier alpha value is -2.80. The smallest absolute Gasteiger partial charge is 0.265 e. The quantitative estimate of drug-likeness (QED) is 0.730. The van der Waals surface area contributed by atoms with Crippen LogP contribution in [0.5, 0.6) is 5.75 Å². The van der Waals surface area contributed by atoms with Gasteiger partial charge in [-0.2, -0.15) is 0 Å². The number of anilines is 1. The molecule has 2 aromatic carbocycles. The number of phenolic OH excluding ortho intramolecular Hbond substituents is 1. The van der Waals surface area contributed by atoms with Crippen LogP contribution in [0.25, 0.3) is 5.69 Å². The largest absolute Gasteiger partial charge is 0.508 e. The molecule has 140 valence electrons. The van der Waals surface area contributed by atoms with E-state index in [9.17, 15) is 17.9 Å². The Morgan fingerprint density at radius 3 is 2.59 bits per heavy atom. The topological polar surface area (TPSA) is 62.5 Å². The number of aromatic hydroxyl groups is 1. The van der Waals surface area contributed by atoms with Gasteiger partial charge in [0.15, 0.2) is 0 Å². The van der Waals surface area contributed by atoms with Gasteiger partial charge in [-0.1, -0.05) is 6.92 Å². The highest BCUT2D eigenvalue weighted by Gasteiger charge is 2.38. The highest BCUT2D eigenvalue weighted by atomic mass is 32.2. The molecule has 27 heavy (non-hydrogen) atoms. The van der Waals surface area contributed by atoms with Crippen molar-refractivity contribution in [2.24, 2.45) is 0 Å². The van der Waals surface area contributed by atoms with E-state index in [-0.39, 0.29) is 10.6 Å². The number of benzene rings is 2. The SMILES string of the molecule is CCC1c2cccn2-c2ccc(F)cc2N1S(=O)(=O)c1ccc(O)c(C)c1. The average Bonchev–Trinajstić information content (AvgIpc) is 3.12. The summed E-state index contributed by atoms with van der Waals surface area (Å²) in [5.41, 5.74) is 2.20. The van der Waals surface area contributed by atoms with E-state index in [0.717, 1.165) is 5.69 Å². The van der Waals surface area contributed by atoms with Gasteiger partial charge in [0, 0.05) is 18.0 Å². The number of fused-ring (bicyclic) bond motifs is 3. The Bertz CT molecular complexity index is 1140. The third kappa shape index (κ3) is 2.61. The van der Waals surface area contributed by atoms with Gasteiger partial charge in [0.25, 0.3) is 10.0 Å². The molecule has 0 radical (unpaired) electrons.